The maximum atomic E-state index is 2.31. The zero-order valence-electron chi connectivity index (χ0n) is 9.63. The van der Waals surface area contributed by atoms with E-state index in [1.807, 2.05) is 0 Å². The van der Waals surface area contributed by atoms with Gasteiger partial charge >= 0.3 is 0 Å². The van der Waals surface area contributed by atoms with Crippen molar-refractivity contribution in [3.05, 3.63) is 0 Å². The number of rotatable bonds is 4. The topological polar surface area (TPSA) is 6.48 Å². The standard InChI is InChI=1S/C10H24N2/c1-8(2)10(12(6)7)9(3)11(4)5/h8-10H,1-7H3. The van der Waals surface area contributed by atoms with Crippen molar-refractivity contribution >= 4 is 0 Å². The minimum absolute atomic E-state index is 0.611. The fraction of sp³-hybridized carbons (Fsp3) is 1.00. The molecular formula is C10H24N2. The van der Waals surface area contributed by atoms with Crippen molar-refractivity contribution in [1.82, 2.24) is 9.80 Å². The highest BCUT2D eigenvalue weighted by Crippen LogP contribution is 2.14. The van der Waals surface area contributed by atoms with Crippen molar-refractivity contribution < 1.29 is 0 Å². The van der Waals surface area contributed by atoms with E-state index in [2.05, 4.69) is 58.8 Å². The molecule has 0 aromatic heterocycles. The van der Waals surface area contributed by atoms with E-state index in [9.17, 15) is 0 Å². The summed E-state index contributed by atoms with van der Waals surface area (Å²) in [5, 5.41) is 0. The molecule has 0 amide bonds. The molecule has 0 aliphatic heterocycles. The molecule has 2 heteroatoms. The van der Waals surface area contributed by atoms with E-state index in [4.69, 9.17) is 0 Å². The lowest BCUT2D eigenvalue weighted by molar-refractivity contribution is 0.125. The van der Waals surface area contributed by atoms with Gasteiger partial charge in [0.15, 0.2) is 0 Å². The maximum absolute atomic E-state index is 2.31. The Morgan fingerprint density at radius 1 is 0.750 bits per heavy atom. The molecule has 0 saturated heterocycles. The van der Waals surface area contributed by atoms with E-state index in [0.717, 1.165) is 0 Å². The van der Waals surface area contributed by atoms with Gasteiger partial charge in [0.1, 0.15) is 0 Å². The summed E-state index contributed by atoms with van der Waals surface area (Å²) in [7, 11) is 8.60. The van der Waals surface area contributed by atoms with E-state index < -0.39 is 0 Å². The first kappa shape index (κ1) is 11.9. The Bertz CT molecular complexity index is 111. The lowest BCUT2D eigenvalue weighted by Gasteiger charge is -2.36. The smallest absolute Gasteiger partial charge is 0.0265 e. The Kier molecular flexibility index (Phi) is 4.80. The van der Waals surface area contributed by atoms with Crippen LogP contribution in [0.3, 0.4) is 0 Å². The highest BCUT2D eigenvalue weighted by atomic mass is 15.2. The largest absolute Gasteiger partial charge is 0.305 e. The van der Waals surface area contributed by atoms with Crippen LogP contribution in [0.25, 0.3) is 0 Å². The maximum Gasteiger partial charge on any atom is 0.0265 e. The Morgan fingerprint density at radius 3 is 1.25 bits per heavy atom. The molecule has 0 rings (SSSR count). The minimum Gasteiger partial charge on any atom is -0.305 e. The molecule has 0 N–H and O–H groups in total. The third-order valence-electron chi connectivity index (χ3n) is 2.59. The van der Waals surface area contributed by atoms with Crippen LogP contribution in [0.1, 0.15) is 20.8 Å². The molecule has 12 heavy (non-hydrogen) atoms. The first-order valence-electron chi connectivity index (χ1n) is 4.70. The summed E-state index contributed by atoms with van der Waals surface area (Å²) in [4.78, 5) is 4.60. The van der Waals surface area contributed by atoms with Gasteiger partial charge in [-0.15, -0.1) is 0 Å². The average molecular weight is 172 g/mol. The molecule has 0 heterocycles. The predicted molar refractivity (Wildman–Crippen MR) is 55.5 cm³/mol. The lowest BCUT2D eigenvalue weighted by Crippen LogP contribution is -2.47. The molecule has 0 aliphatic rings. The van der Waals surface area contributed by atoms with E-state index in [-0.39, 0.29) is 0 Å². The van der Waals surface area contributed by atoms with Gasteiger partial charge in [-0.3, -0.25) is 0 Å². The molecular weight excluding hydrogens is 148 g/mol. The molecule has 0 aliphatic carbocycles. The molecule has 0 fully saturated rings. The van der Waals surface area contributed by atoms with Gasteiger partial charge in [-0.05, 0) is 41.0 Å². The lowest BCUT2D eigenvalue weighted by atomic mass is 9.96. The van der Waals surface area contributed by atoms with Crippen LogP contribution in [-0.4, -0.2) is 50.1 Å². The van der Waals surface area contributed by atoms with E-state index in [0.29, 0.717) is 18.0 Å². The normalized spacial score (nSPS) is 17.5. The van der Waals surface area contributed by atoms with Crippen molar-refractivity contribution in [3.8, 4) is 0 Å². The number of hydrogen-bond acceptors (Lipinski definition) is 2. The molecule has 2 unspecified atom stereocenters. The third-order valence-corrected chi connectivity index (χ3v) is 2.59. The summed E-state index contributed by atoms with van der Waals surface area (Å²) in [5.41, 5.74) is 0. The molecule has 2 nitrogen and oxygen atoms in total. The number of likely N-dealkylation sites (N-methyl/N-ethyl adjacent to an activating group) is 2. The Morgan fingerprint density at radius 2 is 1.17 bits per heavy atom. The van der Waals surface area contributed by atoms with Crippen molar-refractivity contribution in [3.63, 3.8) is 0 Å². The van der Waals surface area contributed by atoms with Crippen LogP contribution in [0.2, 0.25) is 0 Å². The van der Waals surface area contributed by atoms with Gasteiger partial charge < -0.3 is 9.80 Å². The SMILES string of the molecule is CC(C)C(C(C)N(C)C)N(C)C. The predicted octanol–water partition coefficient (Wildman–Crippen LogP) is 1.52. The highest BCUT2D eigenvalue weighted by Gasteiger charge is 2.23. The second-order valence-electron chi connectivity index (χ2n) is 4.40. The van der Waals surface area contributed by atoms with E-state index in [1.165, 1.54) is 0 Å². The summed E-state index contributed by atoms with van der Waals surface area (Å²) < 4.78 is 0. The van der Waals surface area contributed by atoms with E-state index in [1.54, 1.807) is 0 Å². The first-order chi connectivity index (χ1) is 5.37. The van der Waals surface area contributed by atoms with Gasteiger partial charge in [-0.25, -0.2) is 0 Å². The average Bonchev–Trinajstić information content (AvgIpc) is 1.85. The van der Waals surface area contributed by atoms with Gasteiger partial charge in [-0.2, -0.15) is 0 Å². The van der Waals surface area contributed by atoms with E-state index >= 15 is 0 Å². The first-order valence-corrected chi connectivity index (χ1v) is 4.70. The monoisotopic (exact) mass is 172 g/mol. The number of hydrogen-bond donors (Lipinski definition) is 0. The third kappa shape index (κ3) is 3.11. The molecule has 2 atom stereocenters. The molecule has 0 saturated carbocycles. The Labute approximate surface area is 77.5 Å². The quantitative estimate of drug-likeness (QED) is 0.634. The Hall–Kier alpha value is -0.0800. The van der Waals surface area contributed by atoms with Crippen LogP contribution in [0.4, 0.5) is 0 Å². The Balaban J connectivity index is 4.30. The summed E-state index contributed by atoms with van der Waals surface area (Å²) in [6.45, 7) is 6.85. The van der Waals surface area contributed by atoms with Gasteiger partial charge in [0.2, 0.25) is 0 Å². The summed E-state index contributed by atoms with van der Waals surface area (Å²) in [6.07, 6.45) is 0. The fourth-order valence-corrected chi connectivity index (χ4v) is 1.89. The van der Waals surface area contributed by atoms with Gasteiger partial charge in [0.25, 0.3) is 0 Å². The van der Waals surface area contributed by atoms with Crippen molar-refractivity contribution in [1.29, 1.82) is 0 Å². The molecule has 0 aromatic rings. The highest BCUT2D eigenvalue weighted by molar-refractivity contribution is 4.80. The zero-order chi connectivity index (χ0) is 9.89. The minimum atomic E-state index is 0.611. The van der Waals surface area contributed by atoms with Gasteiger partial charge in [0, 0.05) is 12.1 Å². The van der Waals surface area contributed by atoms with Crippen molar-refractivity contribution in [2.45, 2.75) is 32.9 Å². The molecule has 0 bridgehead atoms. The molecule has 0 spiro atoms. The second kappa shape index (κ2) is 4.83. The van der Waals surface area contributed by atoms with Crippen LogP contribution >= 0.6 is 0 Å². The number of nitrogens with zero attached hydrogens (tertiary/aromatic N) is 2. The second-order valence-corrected chi connectivity index (χ2v) is 4.40. The van der Waals surface area contributed by atoms with Gasteiger partial charge in [0.05, 0.1) is 0 Å². The van der Waals surface area contributed by atoms with Crippen LogP contribution in [-0.2, 0) is 0 Å². The van der Waals surface area contributed by atoms with Crippen LogP contribution in [0.15, 0.2) is 0 Å². The van der Waals surface area contributed by atoms with Crippen molar-refractivity contribution in [2.75, 3.05) is 28.2 Å². The van der Waals surface area contributed by atoms with Crippen LogP contribution in [0.5, 0.6) is 0 Å². The summed E-state index contributed by atoms with van der Waals surface area (Å²) in [6, 6.07) is 1.25. The van der Waals surface area contributed by atoms with Crippen LogP contribution < -0.4 is 0 Å². The summed E-state index contributed by atoms with van der Waals surface area (Å²) in [5.74, 6) is 0.706. The molecule has 0 aromatic carbocycles. The summed E-state index contributed by atoms with van der Waals surface area (Å²) >= 11 is 0. The molecule has 74 valence electrons. The van der Waals surface area contributed by atoms with Gasteiger partial charge in [-0.1, -0.05) is 13.8 Å². The zero-order valence-corrected chi connectivity index (χ0v) is 9.63. The van der Waals surface area contributed by atoms with Crippen molar-refractivity contribution in [2.24, 2.45) is 5.92 Å². The van der Waals surface area contributed by atoms with Crippen LogP contribution in [0, 0.1) is 5.92 Å². The molecule has 0 radical (unpaired) electrons. The fourth-order valence-electron chi connectivity index (χ4n) is 1.89.